The van der Waals surface area contributed by atoms with E-state index in [0.717, 1.165) is 72.7 Å². The summed E-state index contributed by atoms with van der Waals surface area (Å²) in [6, 6.07) is 23.9. The Balaban J connectivity index is 1.51. The van der Waals surface area contributed by atoms with E-state index in [1.54, 1.807) is 7.05 Å². The van der Waals surface area contributed by atoms with Crippen molar-refractivity contribution < 1.29 is 0 Å². The lowest BCUT2D eigenvalue weighted by Gasteiger charge is -2.15. The highest BCUT2D eigenvalue weighted by Crippen LogP contribution is 2.29. The maximum Gasteiger partial charge on any atom is 0.117 e. The Labute approximate surface area is 236 Å². The Hall–Kier alpha value is -4.52. The Kier molecular flexibility index (Phi) is 8.50. The molecule has 0 saturated carbocycles. The lowest BCUT2D eigenvalue weighted by Crippen LogP contribution is -2.17. The van der Waals surface area contributed by atoms with Crippen molar-refractivity contribution in [2.45, 2.75) is 52.6 Å². The summed E-state index contributed by atoms with van der Waals surface area (Å²) in [5.74, 6) is 1.90. The van der Waals surface area contributed by atoms with Crippen molar-refractivity contribution >= 4 is 23.6 Å². The van der Waals surface area contributed by atoms with Crippen LogP contribution >= 0.6 is 0 Å². The van der Waals surface area contributed by atoms with Gasteiger partial charge >= 0.3 is 0 Å². The zero-order chi connectivity index (χ0) is 27.9. The van der Waals surface area contributed by atoms with Crippen LogP contribution in [0.2, 0.25) is 0 Å². The van der Waals surface area contributed by atoms with Crippen LogP contribution in [0.4, 0.5) is 0 Å². The van der Waals surface area contributed by atoms with Crippen molar-refractivity contribution in [1.29, 1.82) is 0 Å². The van der Waals surface area contributed by atoms with Gasteiger partial charge in [-0.2, -0.15) is 5.10 Å². The molecule has 5 aromatic rings. The van der Waals surface area contributed by atoms with Gasteiger partial charge in [-0.1, -0.05) is 68.4 Å². The molecule has 0 unspecified atom stereocenters. The molecule has 0 atom stereocenters. The maximum atomic E-state index is 4.97. The third-order valence-corrected chi connectivity index (χ3v) is 7.26. The predicted octanol–water partition coefficient (Wildman–Crippen LogP) is 6.75. The Morgan fingerprint density at radius 3 is 2.60 bits per heavy atom. The number of aromatic nitrogens is 4. The summed E-state index contributed by atoms with van der Waals surface area (Å²) >= 11 is 0. The molecular formula is C33H37N7. The van der Waals surface area contributed by atoms with Gasteiger partial charge < -0.3 is 9.13 Å². The van der Waals surface area contributed by atoms with Crippen LogP contribution in [0.3, 0.4) is 0 Å². The van der Waals surface area contributed by atoms with Gasteiger partial charge in [-0.15, -0.1) is 0 Å². The molecule has 3 aromatic carbocycles. The number of hydrazone groups is 1. The van der Waals surface area contributed by atoms with Crippen LogP contribution in [0.1, 0.15) is 43.6 Å². The maximum absolute atomic E-state index is 4.97. The molecule has 40 heavy (non-hydrogen) atoms. The van der Waals surface area contributed by atoms with Gasteiger partial charge in [-0.25, -0.2) is 9.97 Å². The number of fused-ring (bicyclic) bond motifs is 1. The first kappa shape index (κ1) is 27.1. The van der Waals surface area contributed by atoms with E-state index in [9.17, 15) is 0 Å². The number of hydrogen-bond donors (Lipinski definition) is 1. The standard InChI is InChI=1S/C33H37N7/c1-5-18-39-22-30(36-23-39)27-13-16-29-31(20-27)40(33(6-2)37-29)21-24-12-15-28(25-10-8-7-9-11-25)26(19-24)14-17-32(34-3)38-35-4/h7-13,15-16,19-20,22-23H,4-6,14,17-18,21H2,1-3H3,(H,34,38). The molecule has 0 amide bonds. The summed E-state index contributed by atoms with van der Waals surface area (Å²) < 4.78 is 4.50. The molecule has 5 rings (SSSR count). The van der Waals surface area contributed by atoms with Crippen molar-refractivity contribution in [1.82, 2.24) is 24.5 Å². The van der Waals surface area contributed by atoms with Crippen LogP contribution in [-0.4, -0.2) is 38.7 Å². The van der Waals surface area contributed by atoms with Crippen LogP contribution < -0.4 is 5.43 Å². The van der Waals surface area contributed by atoms with Gasteiger partial charge in [-0.05, 0) is 47.2 Å². The van der Waals surface area contributed by atoms with E-state index >= 15 is 0 Å². The normalized spacial score (nSPS) is 11.7. The lowest BCUT2D eigenvalue weighted by atomic mass is 9.94. The number of amidine groups is 1. The van der Waals surface area contributed by atoms with Gasteiger partial charge in [0.25, 0.3) is 0 Å². The number of hydrogen-bond acceptors (Lipinski definition) is 4. The molecule has 0 aliphatic carbocycles. The van der Waals surface area contributed by atoms with Gasteiger partial charge in [0.05, 0.1) is 23.1 Å². The molecule has 0 fully saturated rings. The highest BCUT2D eigenvalue weighted by molar-refractivity contribution is 5.83. The summed E-state index contributed by atoms with van der Waals surface area (Å²) in [4.78, 5) is 14.0. The first-order valence-electron chi connectivity index (χ1n) is 14.0. The minimum atomic E-state index is 0.747. The SMILES string of the molecule is C=NNC(CCc1cc(Cn2c(CC)nc3ccc(-c4cn(CCC)cn4)cc32)ccc1-c1ccccc1)=NC. The molecule has 1 N–H and O–H groups in total. The predicted molar refractivity (Wildman–Crippen MR) is 166 cm³/mol. The molecule has 0 aliphatic rings. The molecule has 0 bridgehead atoms. The largest absolute Gasteiger partial charge is 0.337 e. The fourth-order valence-corrected chi connectivity index (χ4v) is 5.26. The average Bonchev–Trinajstić information content (AvgIpc) is 3.60. The minimum Gasteiger partial charge on any atom is -0.337 e. The van der Waals surface area contributed by atoms with E-state index in [-0.39, 0.29) is 0 Å². The summed E-state index contributed by atoms with van der Waals surface area (Å²) in [6.07, 6.45) is 7.58. The quantitative estimate of drug-likeness (QED) is 0.116. The number of imidazole rings is 2. The van der Waals surface area contributed by atoms with Crippen molar-refractivity contribution in [3.05, 3.63) is 96.2 Å². The highest BCUT2D eigenvalue weighted by atomic mass is 15.3. The molecule has 0 radical (unpaired) electrons. The van der Waals surface area contributed by atoms with Crippen molar-refractivity contribution in [2.75, 3.05) is 7.05 Å². The van der Waals surface area contributed by atoms with Crippen LogP contribution in [0.15, 0.2) is 89.3 Å². The third kappa shape index (κ3) is 5.88. The van der Waals surface area contributed by atoms with Gasteiger partial charge in [0.15, 0.2) is 0 Å². The summed E-state index contributed by atoms with van der Waals surface area (Å²) in [5, 5.41) is 3.81. The fraction of sp³-hybridized carbons (Fsp3) is 0.273. The second kappa shape index (κ2) is 12.6. The second-order valence-electron chi connectivity index (χ2n) is 9.97. The van der Waals surface area contributed by atoms with Gasteiger partial charge in [0.2, 0.25) is 0 Å². The molecule has 0 spiro atoms. The summed E-state index contributed by atoms with van der Waals surface area (Å²) in [5.41, 5.74) is 12.1. The Morgan fingerprint density at radius 2 is 1.85 bits per heavy atom. The van der Waals surface area contributed by atoms with E-state index in [2.05, 4.69) is 123 Å². The highest BCUT2D eigenvalue weighted by Gasteiger charge is 2.14. The van der Waals surface area contributed by atoms with E-state index in [1.165, 1.54) is 22.3 Å². The van der Waals surface area contributed by atoms with Crippen LogP contribution in [0.5, 0.6) is 0 Å². The van der Waals surface area contributed by atoms with Crippen molar-refractivity contribution in [3.8, 4) is 22.4 Å². The first-order chi connectivity index (χ1) is 19.6. The van der Waals surface area contributed by atoms with Crippen LogP contribution in [0, 0.1) is 0 Å². The zero-order valence-corrected chi connectivity index (χ0v) is 23.6. The number of nitrogens with one attached hydrogen (secondary N) is 1. The smallest absolute Gasteiger partial charge is 0.117 e. The van der Waals surface area contributed by atoms with Crippen molar-refractivity contribution in [3.63, 3.8) is 0 Å². The summed E-state index contributed by atoms with van der Waals surface area (Å²) in [6.45, 7) is 9.61. The zero-order valence-electron chi connectivity index (χ0n) is 23.6. The monoisotopic (exact) mass is 531 g/mol. The topological polar surface area (TPSA) is 72.4 Å². The Bertz CT molecular complexity index is 1630. The van der Waals surface area contributed by atoms with E-state index in [4.69, 9.17) is 4.98 Å². The number of nitrogens with zero attached hydrogens (tertiary/aromatic N) is 6. The van der Waals surface area contributed by atoms with Crippen molar-refractivity contribution in [2.24, 2.45) is 10.1 Å². The molecule has 0 saturated heterocycles. The molecule has 0 aliphatic heterocycles. The fourth-order valence-electron chi connectivity index (χ4n) is 5.26. The number of benzene rings is 3. The molecule has 2 aromatic heterocycles. The number of aryl methyl sites for hydroxylation is 3. The minimum absolute atomic E-state index is 0.747. The summed E-state index contributed by atoms with van der Waals surface area (Å²) in [7, 11) is 1.78. The third-order valence-electron chi connectivity index (χ3n) is 7.26. The van der Waals surface area contributed by atoms with Gasteiger partial charge in [0.1, 0.15) is 11.7 Å². The van der Waals surface area contributed by atoms with E-state index in [0.29, 0.717) is 0 Å². The molecule has 7 heteroatoms. The van der Waals surface area contributed by atoms with E-state index < -0.39 is 0 Å². The first-order valence-corrected chi connectivity index (χ1v) is 14.0. The lowest BCUT2D eigenvalue weighted by molar-refractivity contribution is 0.678. The van der Waals surface area contributed by atoms with E-state index in [1.807, 2.05) is 6.33 Å². The number of aliphatic imine (C=N–C) groups is 1. The van der Waals surface area contributed by atoms with Crippen LogP contribution in [0.25, 0.3) is 33.4 Å². The van der Waals surface area contributed by atoms with Gasteiger partial charge in [0, 0.05) is 51.5 Å². The second-order valence-corrected chi connectivity index (χ2v) is 9.97. The number of rotatable bonds is 11. The average molecular weight is 532 g/mol. The molecule has 204 valence electrons. The molecule has 2 heterocycles. The van der Waals surface area contributed by atoms with Crippen LogP contribution in [-0.2, 0) is 25.9 Å². The van der Waals surface area contributed by atoms with Gasteiger partial charge in [-0.3, -0.25) is 10.4 Å². The molecular weight excluding hydrogens is 494 g/mol. The molecule has 7 nitrogen and oxygen atoms in total. The Morgan fingerprint density at radius 1 is 1.00 bits per heavy atom.